The van der Waals surface area contributed by atoms with Crippen LogP contribution in [0.5, 0.6) is 0 Å². The molecule has 3 amide bonds. The average molecular weight is 398 g/mol. The van der Waals surface area contributed by atoms with E-state index in [-0.39, 0.29) is 25.3 Å². The van der Waals surface area contributed by atoms with Gasteiger partial charge in [-0.2, -0.15) is 0 Å². The summed E-state index contributed by atoms with van der Waals surface area (Å²) in [4.78, 5) is 49.8. The van der Waals surface area contributed by atoms with E-state index in [1.165, 1.54) is 31.2 Å². The number of nitrogens with one attached hydrogen (secondary N) is 1. The van der Waals surface area contributed by atoms with Crippen molar-refractivity contribution in [3.05, 3.63) is 65.5 Å². The lowest BCUT2D eigenvalue weighted by Gasteiger charge is -2.26. The summed E-state index contributed by atoms with van der Waals surface area (Å²) in [6, 6.07) is 12.0. The second-order valence-electron chi connectivity index (χ2n) is 6.56. The minimum Gasteiger partial charge on any atom is -0.452 e. The Hall–Kier alpha value is -3.55. The van der Waals surface area contributed by atoms with Crippen LogP contribution in [0.4, 0.5) is 10.1 Å². The summed E-state index contributed by atoms with van der Waals surface area (Å²) in [5.41, 5.74) is 1.46. The molecule has 1 heterocycles. The predicted octanol–water partition coefficient (Wildman–Crippen LogP) is 2.31. The van der Waals surface area contributed by atoms with E-state index in [1.54, 1.807) is 24.3 Å². The van der Waals surface area contributed by atoms with Crippen molar-refractivity contribution in [2.24, 2.45) is 0 Å². The zero-order valence-electron chi connectivity index (χ0n) is 15.7. The number of carbonyl (C=O) groups is 4. The lowest BCUT2D eigenvalue weighted by atomic mass is 9.98. The fourth-order valence-electron chi connectivity index (χ4n) is 2.92. The van der Waals surface area contributed by atoms with Crippen molar-refractivity contribution >= 4 is 29.4 Å². The Morgan fingerprint density at radius 1 is 1.14 bits per heavy atom. The van der Waals surface area contributed by atoms with Gasteiger partial charge >= 0.3 is 5.97 Å². The van der Waals surface area contributed by atoms with Gasteiger partial charge in [0.2, 0.25) is 5.91 Å². The second-order valence-corrected chi connectivity index (χ2v) is 6.56. The topological polar surface area (TPSA) is 92.8 Å². The number of anilines is 1. The number of halogens is 1. The van der Waals surface area contributed by atoms with Gasteiger partial charge in [0.25, 0.3) is 11.8 Å². The van der Waals surface area contributed by atoms with E-state index in [0.29, 0.717) is 16.8 Å². The fraction of sp³-hybridized carbons (Fsp3) is 0.238. The molecule has 0 fully saturated rings. The van der Waals surface area contributed by atoms with Crippen molar-refractivity contribution in [1.82, 2.24) is 4.90 Å². The lowest BCUT2D eigenvalue weighted by Crippen LogP contribution is -2.43. The molecule has 150 valence electrons. The highest BCUT2D eigenvalue weighted by Crippen LogP contribution is 2.20. The zero-order chi connectivity index (χ0) is 21.0. The summed E-state index contributed by atoms with van der Waals surface area (Å²) >= 11 is 0. The van der Waals surface area contributed by atoms with Crippen molar-refractivity contribution in [1.29, 1.82) is 0 Å². The van der Waals surface area contributed by atoms with Gasteiger partial charge in [-0.3, -0.25) is 24.1 Å². The third-order valence-corrected chi connectivity index (χ3v) is 4.46. The van der Waals surface area contributed by atoms with Crippen LogP contribution in [0.1, 0.15) is 29.3 Å². The summed E-state index contributed by atoms with van der Waals surface area (Å²) in [7, 11) is 0. The summed E-state index contributed by atoms with van der Waals surface area (Å²) in [6.07, 6.45) is -1.23. The van der Waals surface area contributed by atoms with Gasteiger partial charge in [-0.05, 0) is 42.8 Å². The molecule has 1 N–H and O–H groups in total. The second kappa shape index (κ2) is 8.64. The van der Waals surface area contributed by atoms with Crippen LogP contribution >= 0.6 is 0 Å². The van der Waals surface area contributed by atoms with Gasteiger partial charge in [-0.15, -0.1) is 0 Å². The van der Waals surface area contributed by atoms with Gasteiger partial charge in [0, 0.05) is 17.8 Å². The summed E-state index contributed by atoms with van der Waals surface area (Å²) in [5, 5.41) is 2.50. The van der Waals surface area contributed by atoms with Crippen molar-refractivity contribution in [3.63, 3.8) is 0 Å². The largest absolute Gasteiger partial charge is 0.452 e. The molecule has 0 saturated carbocycles. The first-order valence-electron chi connectivity index (χ1n) is 9.03. The third-order valence-electron chi connectivity index (χ3n) is 4.46. The fourth-order valence-corrected chi connectivity index (χ4v) is 2.92. The molecule has 0 aromatic heterocycles. The van der Waals surface area contributed by atoms with Crippen molar-refractivity contribution in [2.45, 2.75) is 25.9 Å². The summed E-state index contributed by atoms with van der Waals surface area (Å²) < 4.78 is 18.0. The van der Waals surface area contributed by atoms with Crippen LogP contribution in [0.3, 0.4) is 0 Å². The van der Waals surface area contributed by atoms with Gasteiger partial charge in [-0.1, -0.05) is 18.2 Å². The maximum Gasteiger partial charge on any atom is 0.308 e. The number of fused-ring (bicyclic) bond motifs is 1. The molecule has 1 aliphatic rings. The Morgan fingerprint density at radius 2 is 1.83 bits per heavy atom. The van der Waals surface area contributed by atoms with Crippen LogP contribution in [0.25, 0.3) is 0 Å². The van der Waals surface area contributed by atoms with Crippen LogP contribution in [0.15, 0.2) is 48.5 Å². The predicted molar refractivity (Wildman–Crippen MR) is 101 cm³/mol. The van der Waals surface area contributed by atoms with E-state index in [2.05, 4.69) is 5.32 Å². The van der Waals surface area contributed by atoms with E-state index in [0.717, 1.165) is 4.90 Å². The lowest BCUT2D eigenvalue weighted by molar-refractivity contribution is -0.153. The molecule has 7 nitrogen and oxygen atoms in total. The summed E-state index contributed by atoms with van der Waals surface area (Å²) in [6.45, 7) is 1.27. The highest BCUT2D eigenvalue weighted by molar-refractivity contribution is 6.09. The number of nitrogens with zero attached hydrogens (tertiary/aromatic N) is 1. The number of rotatable bonds is 6. The highest BCUT2D eigenvalue weighted by Gasteiger charge is 2.31. The van der Waals surface area contributed by atoms with E-state index >= 15 is 0 Å². The van der Waals surface area contributed by atoms with E-state index in [1.807, 2.05) is 0 Å². The molecule has 29 heavy (non-hydrogen) atoms. The van der Waals surface area contributed by atoms with Gasteiger partial charge in [0.1, 0.15) is 5.82 Å². The first kappa shape index (κ1) is 20.2. The first-order chi connectivity index (χ1) is 13.8. The van der Waals surface area contributed by atoms with Crippen molar-refractivity contribution in [2.75, 3.05) is 11.9 Å². The minimum atomic E-state index is -1.10. The molecule has 8 heteroatoms. The smallest absolute Gasteiger partial charge is 0.308 e. The molecule has 0 aliphatic carbocycles. The molecular weight excluding hydrogens is 379 g/mol. The average Bonchev–Trinajstić information content (AvgIpc) is 2.69. The van der Waals surface area contributed by atoms with Crippen molar-refractivity contribution in [3.8, 4) is 0 Å². The minimum absolute atomic E-state index is 0.0907. The molecule has 2 aromatic rings. The van der Waals surface area contributed by atoms with Gasteiger partial charge in [-0.25, -0.2) is 4.39 Å². The Morgan fingerprint density at radius 3 is 2.55 bits per heavy atom. The third kappa shape index (κ3) is 4.84. The quantitative estimate of drug-likeness (QED) is 0.595. The number of amides is 3. The number of carbonyl (C=O) groups excluding carboxylic acids is 4. The SMILES string of the molecule is C[C@@H](OC(=O)CCN1C(=O)Cc2ccccc2C1=O)C(=O)Nc1ccc(F)cc1. The standard InChI is InChI=1S/C21H19FN2O5/c1-13(20(27)23-16-8-6-15(22)7-9-16)29-19(26)10-11-24-18(25)12-14-4-2-3-5-17(14)21(24)28/h2-9,13H,10-12H2,1H3,(H,23,27)/t13-/m1/s1. The normalized spacial score (nSPS) is 14.2. The Balaban J connectivity index is 1.51. The Kier molecular flexibility index (Phi) is 6.01. The van der Waals surface area contributed by atoms with Crippen LogP contribution in [0, 0.1) is 5.82 Å². The molecule has 0 saturated heterocycles. The van der Waals surface area contributed by atoms with E-state index in [9.17, 15) is 23.6 Å². The molecule has 1 atom stereocenters. The highest BCUT2D eigenvalue weighted by atomic mass is 19.1. The maximum atomic E-state index is 12.9. The Bertz CT molecular complexity index is 958. The van der Waals surface area contributed by atoms with Crippen LogP contribution in [-0.4, -0.2) is 41.2 Å². The number of hydrogen-bond donors (Lipinski definition) is 1. The number of ether oxygens (including phenoxy) is 1. The number of benzene rings is 2. The molecule has 0 bridgehead atoms. The summed E-state index contributed by atoms with van der Waals surface area (Å²) in [5.74, 6) is -2.57. The van der Waals surface area contributed by atoms with Crippen molar-refractivity contribution < 1.29 is 28.3 Å². The van der Waals surface area contributed by atoms with Crippen LogP contribution in [0.2, 0.25) is 0 Å². The molecule has 2 aromatic carbocycles. The zero-order valence-corrected chi connectivity index (χ0v) is 15.7. The maximum absolute atomic E-state index is 12.9. The van der Waals surface area contributed by atoms with Gasteiger partial charge < -0.3 is 10.1 Å². The molecule has 0 unspecified atom stereocenters. The monoisotopic (exact) mass is 398 g/mol. The number of imide groups is 1. The molecule has 0 radical (unpaired) electrons. The molecule has 1 aliphatic heterocycles. The molecular formula is C21H19FN2O5. The van der Waals surface area contributed by atoms with Gasteiger partial charge in [0.15, 0.2) is 6.10 Å². The van der Waals surface area contributed by atoms with E-state index < -0.39 is 29.7 Å². The molecule has 0 spiro atoms. The number of hydrogen-bond acceptors (Lipinski definition) is 5. The van der Waals surface area contributed by atoms with Gasteiger partial charge in [0.05, 0.1) is 12.8 Å². The molecule has 3 rings (SSSR count). The first-order valence-corrected chi connectivity index (χ1v) is 9.03. The Labute approximate surface area is 166 Å². The van der Waals surface area contributed by atoms with Crippen LogP contribution in [-0.2, 0) is 25.5 Å². The number of esters is 1. The van der Waals surface area contributed by atoms with Crippen LogP contribution < -0.4 is 5.32 Å². The van der Waals surface area contributed by atoms with E-state index in [4.69, 9.17) is 4.74 Å².